The van der Waals surface area contributed by atoms with Gasteiger partial charge in [-0.1, -0.05) is 13.8 Å². The molecule has 0 unspecified atom stereocenters. The Bertz CT molecular complexity index is 272. The van der Waals surface area contributed by atoms with Crippen LogP contribution >= 0.6 is 0 Å². The van der Waals surface area contributed by atoms with Gasteiger partial charge in [-0.3, -0.25) is 4.79 Å². The van der Waals surface area contributed by atoms with Crippen molar-refractivity contribution in [2.45, 2.75) is 20.3 Å². The molecule has 0 radical (unpaired) electrons. The van der Waals surface area contributed by atoms with Crippen molar-refractivity contribution < 1.29 is 4.79 Å². The third-order valence-electron chi connectivity index (χ3n) is 3.14. The molecule has 1 fully saturated rings. The molecule has 1 amide bonds. The van der Waals surface area contributed by atoms with Crippen LogP contribution < -0.4 is 10.7 Å². The summed E-state index contributed by atoms with van der Waals surface area (Å²) in [5, 5.41) is 7.38. The average molecular weight is 181 g/mol. The average Bonchev–Trinajstić information content (AvgIpc) is 2.46. The lowest BCUT2D eigenvalue weighted by atomic mass is 9.70. The van der Waals surface area contributed by atoms with Crippen LogP contribution in [0.25, 0.3) is 0 Å². The summed E-state index contributed by atoms with van der Waals surface area (Å²) in [6.45, 7) is 5.82. The first-order valence-electron chi connectivity index (χ1n) is 4.76. The highest BCUT2D eigenvalue weighted by molar-refractivity contribution is 6.13. The van der Waals surface area contributed by atoms with Gasteiger partial charge >= 0.3 is 0 Å². The van der Waals surface area contributed by atoms with E-state index in [9.17, 15) is 4.79 Å². The lowest BCUT2D eigenvalue weighted by molar-refractivity contribution is -0.128. The first-order chi connectivity index (χ1) is 6.18. The molecule has 0 bridgehead atoms. The molecule has 0 spiro atoms. The fourth-order valence-corrected chi connectivity index (χ4v) is 2.20. The number of carbonyl (C=O) groups excluding carboxylic acids is 1. The Balaban J connectivity index is 2.38. The largest absolute Gasteiger partial charge is 0.315 e. The van der Waals surface area contributed by atoms with E-state index in [1.807, 2.05) is 0 Å². The van der Waals surface area contributed by atoms with Crippen LogP contribution in [0.3, 0.4) is 0 Å². The number of hydrogen-bond donors (Lipinski definition) is 2. The molecule has 0 aromatic rings. The number of piperidine rings is 1. The SMILES string of the molecule is CC(C)[C@]12CNCCC1=NNC2=O. The molecule has 2 rings (SSSR count). The number of hydrogen-bond acceptors (Lipinski definition) is 3. The van der Waals surface area contributed by atoms with Gasteiger partial charge in [-0.05, 0) is 5.92 Å². The summed E-state index contributed by atoms with van der Waals surface area (Å²) in [5.41, 5.74) is 3.26. The molecular formula is C9H15N3O. The predicted octanol–water partition coefficient (Wildman–Crippen LogP) is 0.108. The van der Waals surface area contributed by atoms with Crippen molar-refractivity contribution in [2.24, 2.45) is 16.4 Å². The maximum absolute atomic E-state index is 11.7. The van der Waals surface area contributed by atoms with Crippen molar-refractivity contribution in [2.75, 3.05) is 13.1 Å². The Morgan fingerprint density at radius 1 is 1.54 bits per heavy atom. The van der Waals surface area contributed by atoms with Crippen LogP contribution in [0.2, 0.25) is 0 Å². The maximum atomic E-state index is 11.7. The number of fused-ring (bicyclic) bond motifs is 1. The highest BCUT2D eigenvalue weighted by atomic mass is 16.2. The van der Waals surface area contributed by atoms with Crippen molar-refractivity contribution in [3.05, 3.63) is 0 Å². The Labute approximate surface area is 77.8 Å². The van der Waals surface area contributed by atoms with Crippen LogP contribution in [0.4, 0.5) is 0 Å². The van der Waals surface area contributed by atoms with E-state index in [0.29, 0.717) is 5.92 Å². The second-order valence-electron chi connectivity index (χ2n) is 4.05. The summed E-state index contributed by atoms with van der Waals surface area (Å²) in [6, 6.07) is 0. The van der Waals surface area contributed by atoms with Crippen LogP contribution in [-0.2, 0) is 4.79 Å². The quantitative estimate of drug-likeness (QED) is 0.603. The topological polar surface area (TPSA) is 53.5 Å². The van der Waals surface area contributed by atoms with Crippen LogP contribution in [0.5, 0.6) is 0 Å². The molecular weight excluding hydrogens is 166 g/mol. The van der Waals surface area contributed by atoms with Gasteiger partial charge in [0, 0.05) is 19.5 Å². The zero-order valence-electron chi connectivity index (χ0n) is 8.05. The summed E-state index contributed by atoms with van der Waals surface area (Å²) in [4.78, 5) is 11.7. The lowest BCUT2D eigenvalue weighted by Gasteiger charge is -2.35. The van der Waals surface area contributed by atoms with Crippen molar-refractivity contribution in [3.8, 4) is 0 Å². The summed E-state index contributed by atoms with van der Waals surface area (Å²) >= 11 is 0. The van der Waals surface area contributed by atoms with Crippen LogP contribution in [-0.4, -0.2) is 24.7 Å². The molecule has 4 heteroatoms. The fourth-order valence-electron chi connectivity index (χ4n) is 2.20. The van der Waals surface area contributed by atoms with E-state index in [-0.39, 0.29) is 11.3 Å². The Kier molecular flexibility index (Phi) is 1.87. The molecule has 0 aromatic heterocycles. The Hall–Kier alpha value is -0.900. The van der Waals surface area contributed by atoms with Crippen molar-refractivity contribution in [3.63, 3.8) is 0 Å². The molecule has 2 N–H and O–H groups in total. The van der Waals surface area contributed by atoms with Gasteiger partial charge in [0.15, 0.2) is 0 Å². The predicted molar refractivity (Wildman–Crippen MR) is 50.3 cm³/mol. The molecule has 0 aromatic carbocycles. The van der Waals surface area contributed by atoms with Crippen LogP contribution in [0, 0.1) is 11.3 Å². The summed E-state index contributed by atoms with van der Waals surface area (Å²) in [7, 11) is 0. The molecule has 0 aliphatic carbocycles. The highest BCUT2D eigenvalue weighted by Crippen LogP contribution is 2.35. The zero-order chi connectivity index (χ0) is 9.47. The van der Waals surface area contributed by atoms with Crippen molar-refractivity contribution >= 4 is 11.6 Å². The third-order valence-corrected chi connectivity index (χ3v) is 3.14. The van der Waals surface area contributed by atoms with E-state index < -0.39 is 0 Å². The van der Waals surface area contributed by atoms with Gasteiger partial charge in [-0.2, -0.15) is 5.10 Å². The van der Waals surface area contributed by atoms with Gasteiger partial charge < -0.3 is 5.32 Å². The first-order valence-corrected chi connectivity index (χ1v) is 4.76. The smallest absolute Gasteiger partial charge is 0.253 e. The minimum absolute atomic E-state index is 0.0599. The molecule has 13 heavy (non-hydrogen) atoms. The molecule has 2 heterocycles. The van der Waals surface area contributed by atoms with Crippen LogP contribution in [0.15, 0.2) is 5.10 Å². The number of nitrogens with zero attached hydrogens (tertiary/aromatic N) is 1. The van der Waals surface area contributed by atoms with Gasteiger partial charge in [0.25, 0.3) is 5.91 Å². The molecule has 1 atom stereocenters. The van der Waals surface area contributed by atoms with E-state index in [0.717, 1.165) is 25.2 Å². The van der Waals surface area contributed by atoms with E-state index >= 15 is 0 Å². The third kappa shape index (κ3) is 1.01. The summed E-state index contributed by atoms with van der Waals surface area (Å²) < 4.78 is 0. The van der Waals surface area contributed by atoms with Gasteiger partial charge in [-0.25, -0.2) is 5.43 Å². The minimum atomic E-state index is -0.363. The van der Waals surface area contributed by atoms with Gasteiger partial charge in [-0.15, -0.1) is 0 Å². The van der Waals surface area contributed by atoms with E-state index in [2.05, 4.69) is 29.7 Å². The second-order valence-corrected chi connectivity index (χ2v) is 4.05. The molecule has 1 saturated heterocycles. The van der Waals surface area contributed by atoms with Gasteiger partial charge in [0.1, 0.15) is 5.41 Å². The fraction of sp³-hybridized carbons (Fsp3) is 0.778. The monoisotopic (exact) mass is 181 g/mol. The second kappa shape index (κ2) is 2.80. The van der Waals surface area contributed by atoms with Gasteiger partial charge in [0.2, 0.25) is 0 Å². The normalized spacial score (nSPS) is 32.8. The van der Waals surface area contributed by atoms with E-state index in [1.54, 1.807) is 0 Å². The number of carbonyl (C=O) groups is 1. The van der Waals surface area contributed by atoms with E-state index in [4.69, 9.17) is 0 Å². The maximum Gasteiger partial charge on any atom is 0.253 e. The Morgan fingerprint density at radius 2 is 2.31 bits per heavy atom. The Morgan fingerprint density at radius 3 is 2.92 bits per heavy atom. The van der Waals surface area contributed by atoms with Crippen molar-refractivity contribution in [1.82, 2.24) is 10.7 Å². The highest BCUT2D eigenvalue weighted by Gasteiger charge is 2.50. The number of amides is 1. The first kappa shape index (κ1) is 8.69. The number of hydrazone groups is 1. The lowest BCUT2D eigenvalue weighted by Crippen LogP contribution is -2.53. The van der Waals surface area contributed by atoms with Gasteiger partial charge in [0.05, 0.1) is 5.71 Å². The molecule has 2 aliphatic heterocycles. The van der Waals surface area contributed by atoms with E-state index in [1.165, 1.54) is 0 Å². The summed E-state index contributed by atoms with van der Waals surface area (Å²) in [5.74, 6) is 0.367. The minimum Gasteiger partial charge on any atom is -0.315 e. The molecule has 72 valence electrons. The standard InChI is InChI=1S/C9H15N3O/c1-6(2)9-5-10-4-3-7(9)11-12-8(9)13/h6,10H,3-5H2,1-2H3,(H,12,13)/t9-/m1/s1. The molecule has 4 nitrogen and oxygen atoms in total. The summed E-state index contributed by atoms with van der Waals surface area (Å²) in [6.07, 6.45) is 0.886. The number of nitrogens with one attached hydrogen (secondary N) is 2. The molecule has 2 aliphatic rings. The number of rotatable bonds is 1. The zero-order valence-corrected chi connectivity index (χ0v) is 8.05. The van der Waals surface area contributed by atoms with Crippen LogP contribution in [0.1, 0.15) is 20.3 Å². The van der Waals surface area contributed by atoms with Crippen molar-refractivity contribution in [1.29, 1.82) is 0 Å². The molecule has 0 saturated carbocycles.